The summed E-state index contributed by atoms with van der Waals surface area (Å²) in [6.07, 6.45) is 4.48. The van der Waals surface area contributed by atoms with Crippen LogP contribution in [0.3, 0.4) is 0 Å². The summed E-state index contributed by atoms with van der Waals surface area (Å²) < 4.78 is 25.0. The van der Waals surface area contributed by atoms with E-state index in [-0.39, 0.29) is 12.4 Å². The van der Waals surface area contributed by atoms with Crippen molar-refractivity contribution in [3.8, 4) is 17.2 Å². The Labute approximate surface area is 237 Å². The lowest BCUT2D eigenvalue weighted by atomic mass is 10.1. The van der Waals surface area contributed by atoms with Crippen LogP contribution in [0.15, 0.2) is 72.9 Å². The van der Waals surface area contributed by atoms with E-state index in [9.17, 15) is 14.3 Å². The van der Waals surface area contributed by atoms with E-state index < -0.39 is 12.1 Å². The lowest BCUT2D eigenvalue weighted by molar-refractivity contribution is 0.0620. The number of nitrogens with zero attached hydrogens (tertiary/aromatic N) is 3. The molecule has 2 amide bonds. The Kier molecular flexibility index (Phi) is 8.89. The minimum atomic E-state index is -0.656. The SMILES string of the molecule is [C-]#[N+]c1cc2c(Oc3ccc(NC(=O)Nc4ccc(F)cc4)cc3)ccnc2cc1OC[C@H](O)CN1CCCCC1. The normalized spacial score (nSPS) is 14.2. The van der Waals surface area contributed by atoms with Crippen LogP contribution in [-0.4, -0.2) is 53.4 Å². The number of hydrogen-bond donors (Lipinski definition) is 3. The Hall–Kier alpha value is -4.72. The van der Waals surface area contributed by atoms with Crippen LogP contribution in [-0.2, 0) is 0 Å². The molecule has 1 aliphatic rings. The third-order valence-electron chi connectivity index (χ3n) is 6.69. The van der Waals surface area contributed by atoms with Crippen LogP contribution in [0, 0.1) is 12.4 Å². The van der Waals surface area contributed by atoms with Crippen molar-refractivity contribution in [3.05, 3.63) is 90.2 Å². The number of piperidine rings is 1. The van der Waals surface area contributed by atoms with Gasteiger partial charge in [-0.05, 0) is 92.7 Å². The molecule has 4 aromatic rings. The van der Waals surface area contributed by atoms with Gasteiger partial charge >= 0.3 is 6.03 Å². The molecule has 10 heteroatoms. The lowest BCUT2D eigenvalue weighted by Crippen LogP contribution is -2.38. The van der Waals surface area contributed by atoms with Crippen molar-refractivity contribution in [2.75, 3.05) is 36.9 Å². The van der Waals surface area contributed by atoms with Crippen molar-refractivity contribution < 1.29 is 23.8 Å². The molecule has 3 N–H and O–H groups in total. The van der Waals surface area contributed by atoms with Gasteiger partial charge in [0, 0.05) is 29.5 Å². The molecule has 1 atom stereocenters. The van der Waals surface area contributed by atoms with Crippen molar-refractivity contribution >= 4 is 34.0 Å². The third kappa shape index (κ3) is 7.48. The maximum absolute atomic E-state index is 13.1. The Balaban J connectivity index is 1.23. The summed E-state index contributed by atoms with van der Waals surface area (Å²) in [5, 5.41) is 16.5. The number of aromatic nitrogens is 1. The van der Waals surface area contributed by atoms with Crippen LogP contribution >= 0.6 is 0 Å². The van der Waals surface area contributed by atoms with E-state index in [1.165, 1.54) is 30.7 Å². The lowest BCUT2D eigenvalue weighted by Gasteiger charge is -2.28. The average molecular weight is 556 g/mol. The number of aliphatic hydroxyl groups excluding tert-OH is 1. The second-order valence-corrected chi connectivity index (χ2v) is 9.80. The second-order valence-electron chi connectivity index (χ2n) is 9.80. The van der Waals surface area contributed by atoms with Gasteiger partial charge in [0.05, 0.1) is 12.1 Å². The summed E-state index contributed by atoms with van der Waals surface area (Å²) in [5.41, 5.74) is 1.89. The highest BCUT2D eigenvalue weighted by Gasteiger charge is 2.17. The number of likely N-dealkylation sites (tertiary alicyclic amines) is 1. The Morgan fingerprint density at radius 3 is 2.37 bits per heavy atom. The van der Waals surface area contributed by atoms with Crippen LogP contribution in [0.25, 0.3) is 15.7 Å². The molecular formula is C31H30FN5O4. The summed E-state index contributed by atoms with van der Waals surface area (Å²) in [7, 11) is 0. The molecule has 3 aromatic carbocycles. The van der Waals surface area contributed by atoms with Crippen molar-refractivity contribution in [2.45, 2.75) is 25.4 Å². The quantitative estimate of drug-likeness (QED) is 0.202. The van der Waals surface area contributed by atoms with Crippen molar-refractivity contribution in [1.29, 1.82) is 0 Å². The second kappa shape index (κ2) is 13.1. The van der Waals surface area contributed by atoms with Crippen LogP contribution in [0.1, 0.15) is 19.3 Å². The number of β-amino-alcohol motifs (C(OH)–C–C–N with tert-alkyl or cyclic N) is 1. The number of halogens is 1. The maximum atomic E-state index is 13.1. The van der Waals surface area contributed by atoms with Gasteiger partial charge in [0.2, 0.25) is 5.69 Å². The number of urea groups is 1. The average Bonchev–Trinajstić information content (AvgIpc) is 2.98. The first-order chi connectivity index (χ1) is 20.0. The van der Waals surface area contributed by atoms with Crippen molar-refractivity contribution in [1.82, 2.24) is 9.88 Å². The van der Waals surface area contributed by atoms with Gasteiger partial charge in [-0.25, -0.2) is 14.0 Å². The third-order valence-corrected chi connectivity index (χ3v) is 6.69. The molecule has 0 bridgehead atoms. The molecule has 1 fully saturated rings. The van der Waals surface area contributed by atoms with Crippen LogP contribution in [0.4, 0.5) is 26.2 Å². The molecule has 5 rings (SSSR count). The van der Waals surface area contributed by atoms with Gasteiger partial charge in [-0.3, -0.25) is 4.98 Å². The van der Waals surface area contributed by atoms with E-state index in [2.05, 4.69) is 25.4 Å². The van der Waals surface area contributed by atoms with E-state index in [1.54, 1.807) is 48.7 Å². The number of aliphatic hydroxyl groups is 1. The fraction of sp³-hybridized carbons (Fsp3) is 0.258. The van der Waals surface area contributed by atoms with E-state index in [4.69, 9.17) is 16.0 Å². The Morgan fingerprint density at radius 1 is 1.00 bits per heavy atom. The number of ether oxygens (including phenoxy) is 2. The van der Waals surface area contributed by atoms with E-state index >= 15 is 0 Å². The summed E-state index contributed by atoms with van der Waals surface area (Å²) in [6.45, 7) is 10.3. The number of pyridine rings is 1. The summed E-state index contributed by atoms with van der Waals surface area (Å²) in [4.78, 5) is 22.5. The van der Waals surface area contributed by atoms with Crippen molar-refractivity contribution in [2.24, 2.45) is 0 Å². The van der Waals surface area contributed by atoms with Gasteiger partial charge in [-0.2, -0.15) is 0 Å². The van der Waals surface area contributed by atoms with E-state index in [0.29, 0.717) is 51.8 Å². The van der Waals surface area contributed by atoms with Crippen LogP contribution in [0.2, 0.25) is 0 Å². The number of carbonyl (C=O) groups is 1. The highest BCUT2D eigenvalue weighted by molar-refractivity contribution is 5.99. The maximum Gasteiger partial charge on any atom is 0.323 e. The van der Waals surface area contributed by atoms with Crippen LogP contribution < -0.4 is 20.1 Å². The number of nitrogens with one attached hydrogen (secondary N) is 2. The minimum absolute atomic E-state index is 0.0863. The minimum Gasteiger partial charge on any atom is -0.502 e. The van der Waals surface area contributed by atoms with Gasteiger partial charge in [-0.15, -0.1) is 0 Å². The van der Waals surface area contributed by atoms with Crippen molar-refractivity contribution in [3.63, 3.8) is 0 Å². The summed E-state index contributed by atoms with van der Waals surface area (Å²) in [5.74, 6) is 1.01. The molecule has 1 aromatic heterocycles. The predicted octanol–water partition coefficient (Wildman–Crippen LogP) is 6.59. The summed E-state index contributed by atoms with van der Waals surface area (Å²) in [6, 6.07) is 16.9. The molecule has 210 valence electrons. The number of benzene rings is 3. The molecule has 2 heterocycles. The molecule has 1 saturated heterocycles. The van der Waals surface area contributed by atoms with Gasteiger partial charge in [0.25, 0.3) is 0 Å². The summed E-state index contributed by atoms with van der Waals surface area (Å²) >= 11 is 0. The predicted molar refractivity (Wildman–Crippen MR) is 155 cm³/mol. The number of amides is 2. The molecular weight excluding hydrogens is 525 g/mol. The van der Waals surface area contributed by atoms with Gasteiger partial charge in [-0.1, -0.05) is 6.42 Å². The molecule has 1 aliphatic heterocycles. The zero-order chi connectivity index (χ0) is 28.6. The molecule has 9 nitrogen and oxygen atoms in total. The van der Waals surface area contributed by atoms with Gasteiger partial charge < -0.3 is 30.1 Å². The molecule has 0 radical (unpaired) electrons. The molecule has 41 heavy (non-hydrogen) atoms. The number of anilines is 2. The zero-order valence-corrected chi connectivity index (χ0v) is 22.3. The molecule has 0 saturated carbocycles. The van der Waals surface area contributed by atoms with Gasteiger partial charge in [0.15, 0.2) is 0 Å². The number of rotatable bonds is 9. The highest BCUT2D eigenvalue weighted by Crippen LogP contribution is 2.37. The van der Waals surface area contributed by atoms with Gasteiger partial charge in [0.1, 0.15) is 35.8 Å². The molecule has 0 spiro atoms. The number of carbonyl (C=O) groups excluding carboxylic acids is 1. The van der Waals surface area contributed by atoms with E-state index in [1.807, 2.05) is 0 Å². The monoisotopic (exact) mass is 555 g/mol. The highest BCUT2D eigenvalue weighted by atomic mass is 19.1. The smallest absolute Gasteiger partial charge is 0.323 e. The Bertz CT molecular complexity index is 1530. The first-order valence-corrected chi connectivity index (χ1v) is 13.4. The topological polar surface area (TPSA) is 100 Å². The number of fused-ring (bicyclic) bond motifs is 1. The zero-order valence-electron chi connectivity index (χ0n) is 22.3. The fourth-order valence-electron chi connectivity index (χ4n) is 4.67. The standard InChI is InChI=1S/C31H30FN5O4/c1-33-28-17-26-27(18-30(28)40-20-24(38)19-37-15-3-2-4-16-37)34-14-13-29(26)41-25-11-9-23(10-12-25)36-31(39)35-22-7-5-21(32)6-8-22/h5-14,17-18,24,38H,2-4,15-16,19-20H2,(H2,35,36,39)/t24-/m1/s1. The first kappa shape index (κ1) is 27.8. The number of hydrogen-bond acceptors (Lipinski definition) is 6. The Morgan fingerprint density at radius 2 is 1.68 bits per heavy atom. The largest absolute Gasteiger partial charge is 0.502 e. The molecule has 0 aliphatic carbocycles. The first-order valence-electron chi connectivity index (χ1n) is 13.4. The van der Waals surface area contributed by atoms with E-state index in [0.717, 1.165) is 25.9 Å². The van der Waals surface area contributed by atoms with Crippen LogP contribution in [0.5, 0.6) is 17.2 Å². The fourth-order valence-corrected chi connectivity index (χ4v) is 4.67. The molecule has 0 unspecified atom stereocenters.